The molecule has 1 amide bonds. The highest BCUT2D eigenvalue weighted by Gasteiger charge is 2.20. The van der Waals surface area contributed by atoms with E-state index in [0.29, 0.717) is 19.6 Å². The predicted octanol–water partition coefficient (Wildman–Crippen LogP) is 3.46. The zero-order chi connectivity index (χ0) is 18.9. The van der Waals surface area contributed by atoms with Crippen LogP contribution >= 0.6 is 24.0 Å². The van der Waals surface area contributed by atoms with Crippen molar-refractivity contribution in [3.63, 3.8) is 0 Å². The maximum absolute atomic E-state index is 12.0. The van der Waals surface area contributed by atoms with E-state index in [9.17, 15) is 4.79 Å². The summed E-state index contributed by atoms with van der Waals surface area (Å²) in [7, 11) is 1.75. The van der Waals surface area contributed by atoms with Gasteiger partial charge in [0.25, 0.3) is 0 Å². The third-order valence-electron chi connectivity index (χ3n) is 3.23. The summed E-state index contributed by atoms with van der Waals surface area (Å²) in [6, 6.07) is 3.74. The van der Waals surface area contributed by atoms with E-state index in [1.165, 1.54) is 0 Å². The summed E-state index contributed by atoms with van der Waals surface area (Å²) in [5.74, 6) is 1.78. The summed E-state index contributed by atoms with van der Waals surface area (Å²) >= 11 is 0. The molecule has 1 aromatic heterocycles. The third kappa shape index (κ3) is 10.5. The van der Waals surface area contributed by atoms with Crippen LogP contribution in [0.5, 0.6) is 0 Å². The van der Waals surface area contributed by atoms with Gasteiger partial charge in [-0.25, -0.2) is 9.79 Å². The molecule has 0 aliphatic rings. The lowest BCUT2D eigenvalue weighted by molar-refractivity contribution is 0.0278. The minimum atomic E-state index is -0.483. The standard InChI is InChI=1S/C18H32N4O3.HI/c1-7-19-16(21-12-15-9-8-10-24-15)20-11-14(2)13-22(6)17(23)25-18(3,4)5;/h8-10,14H,7,11-13H2,1-6H3,(H2,19,20,21);1H. The summed E-state index contributed by atoms with van der Waals surface area (Å²) in [5, 5.41) is 6.49. The predicted molar refractivity (Wildman–Crippen MR) is 115 cm³/mol. The van der Waals surface area contributed by atoms with Crippen molar-refractivity contribution in [2.75, 3.05) is 26.7 Å². The van der Waals surface area contributed by atoms with Crippen molar-refractivity contribution >= 4 is 36.0 Å². The minimum absolute atomic E-state index is 0. The number of nitrogens with one attached hydrogen (secondary N) is 2. The first kappa shape index (κ1) is 24.6. The lowest BCUT2D eigenvalue weighted by Crippen LogP contribution is -2.42. The first-order chi connectivity index (χ1) is 11.7. The molecular formula is C18H33IN4O3. The van der Waals surface area contributed by atoms with E-state index >= 15 is 0 Å². The van der Waals surface area contributed by atoms with Crippen LogP contribution in [0.1, 0.15) is 40.4 Å². The second kappa shape index (κ2) is 12.0. The van der Waals surface area contributed by atoms with Crippen molar-refractivity contribution in [1.29, 1.82) is 0 Å². The molecule has 150 valence electrons. The van der Waals surface area contributed by atoms with Gasteiger partial charge in [-0.2, -0.15) is 0 Å². The molecule has 0 aliphatic carbocycles. The minimum Gasteiger partial charge on any atom is -0.467 e. The first-order valence-corrected chi connectivity index (χ1v) is 8.70. The average Bonchev–Trinajstić information content (AvgIpc) is 3.01. The number of guanidine groups is 1. The Hall–Kier alpha value is -1.45. The third-order valence-corrected chi connectivity index (χ3v) is 3.23. The van der Waals surface area contributed by atoms with Crippen LogP contribution < -0.4 is 10.6 Å². The highest BCUT2D eigenvalue weighted by atomic mass is 127. The molecule has 1 heterocycles. The molecule has 1 atom stereocenters. The Kier molecular flexibility index (Phi) is 11.4. The van der Waals surface area contributed by atoms with Crippen LogP contribution in [-0.4, -0.2) is 49.2 Å². The fraction of sp³-hybridized carbons (Fsp3) is 0.667. The second-order valence-corrected chi connectivity index (χ2v) is 7.12. The smallest absolute Gasteiger partial charge is 0.410 e. The summed E-state index contributed by atoms with van der Waals surface area (Å²) < 4.78 is 10.7. The van der Waals surface area contributed by atoms with Gasteiger partial charge in [0, 0.05) is 26.7 Å². The van der Waals surface area contributed by atoms with Crippen LogP contribution in [-0.2, 0) is 11.3 Å². The molecular weight excluding hydrogens is 447 g/mol. The number of ether oxygens (including phenoxy) is 1. The molecule has 0 spiro atoms. The van der Waals surface area contributed by atoms with Crippen LogP contribution in [0.15, 0.2) is 27.8 Å². The Bertz CT molecular complexity index is 541. The number of nitrogens with zero attached hydrogens (tertiary/aromatic N) is 2. The van der Waals surface area contributed by atoms with Crippen molar-refractivity contribution in [3.8, 4) is 0 Å². The number of amides is 1. The lowest BCUT2D eigenvalue weighted by Gasteiger charge is -2.26. The molecule has 7 nitrogen and oxygen atoms in total. The number of rotatable bonds is 7. The Morgan fingerprint density at radius 2 is 2.08 bits per heavy atom. The van der Waals surface area contributed by atoms with Gasteiger partial charge in [0.1, 0.15) is 17.9 Å². The fourth-order valence-electron chi connectivity index (χ4n) is 2.12. The molecule has 8 heteroatoms. The van der Waals surface area contributed by atoms with Crippen LogP contribution in [0, 0.1) is 5.92 Å². The zero-order valence-electron chi connectivity index (χ0n) is 16.7. The van der Waals surface area contributed by atoms with Gasteiger partial charge in [-0.3, -0.25) is 0 Å². The van der Waals surface area contributed by atoms with Gasteiger partial charge in [-0.15, -0.1) is 24.0 Å². The monoisotopic (exact) mass is 480 g/mol. The molecule has 1 unspecified atom stereocenters. The van der Waals surface area contributed by atoms with E-state index in [2.05, 4.69) is 22.5 Å². The van der Waals surface area contributed by atoms with Gasteiger partial charge < -0.3 is 24.7 Å². The summed E-state index contributed by atoms with van der Waals surface area (Å²) in [5.41, 5.74) is -0.483. The summed E-state index contributed by atoms with van der Waals surface area (Å²) in [6.45, 7) is 12.2. The Balaban J connectivity index is 0.00000625. The lowest BCUT2D eigenvalue weighted by atomic mass is 10.1. The number of furan rings is 1. The number of aliphatic imine (C=N–C) groups is 1. The summed E-state index contributed by atoms with van der Waals surface area (Å²) in [6.07, 6.45) is 1.33. The van der Waals surface area contributed by atoms with Crippen LogP contribution in [0.4, 0.5) is 4.79 Å². The van der Waals surface area contributed by atoms with Gasteiger partial charge in [0.2, 0.25) is 0 Å². The number of carbonyl (C=O) groups excluding carboxylic acids is 1. The molecule has 0 aliphatic heterocycles. The quantitative estimate of drug-likeness (QED) is 0.355. The van der Waals surface area contributed by atoms with Crippen molar-refractivity contribution < 1.29 is 13.9 Å². The largest absolute Gasteiger partial charge is 0.467 e. The van der Waals surface area contributed by atoms with E-state index < -0.39 is 5.60 Å². The van der Waals surface area contributed by atoms with Crippen LogP contribution in [0.25, 0.3) is 0 Å². The van der Waals surface area contributed by atoms with E-state index in [0.717, 1.165) is 18.3 Å². The van der Waals surface area contributed by atoms with Crippen molar-refractivity contribution in [3.05, 3.63) is 24.2 Å². The van der Waals surface area contributed by atoms with E-state index in [1.54, 1.807) is 18.2 Å². The number of hydrogen-bond acceptors (Lipinski definition) is 4. The average molecular weight is 480 g/mol. The Labute approximate surface area is 174 Å². The Morgan fingerprint density at radius 3 is 2.62 bits per heavy atom. The molecule has 0 radical (unpaired) electrons. The maximum Gasteiger partial charge on any atom is 0.410 e. The van der Waals surface area contributed by atoms with Gasteiger partial charge in [-0.05, 0) is 45.7 Å². The second-order valence-electron chi connectivity index (χ2n) is 7.12. The van der Waals surface area contributed by atoms with Crippen LogP contribution in [0.2, 0.25) is 0 Å². The molecule has 2 N–H and O–H groups in total. The van der Waals surface area contributed by atoms with E-state index in [-0.39, 0.29) is 36.0 Å². The van der Waals surface area contributed by atoms with Gasteiger partial charge in [0.05, 0.1) is 6.26 Å². The number of halogens is 1. The van der Waals surface area contributed by atoms with Crippen molar-refractivity contribution in [2.45, 2.75) is 46.8 Å². The van der Waals surface area contributed by atoms with Crippen LogP contribution in [0.3, 0.4) is 0 Å². The highest BCUT2D eigenvalue weighted by Crippen LogP contribution is 2.10. The SMILES string of the molecule is CCNC(=NCc1ccco1)NCC(C)CN(C)C(=O)OC(C)(C)C.I. The molecule has 0 aromatic carbocycles. The number of carbonyl (C=O) groups is 1. The molecule has 0 saturated carbocycles. The number of hydrogen-bond donors (Lipinski definition) is 2. The molecule has 1 aromatic rings. The summed E-state index contributed by atoms with van der Waals surface area (Å²) in [4.78, 5) is 18.1. The molecule has 0 fully saturated rings. The Morgan fingerprint density at radius 1 is 1.38 bits per heavy atom. The van der Waals surface area contributed by atoms with E-state index in [4.69, 9.17) is 9.15 Å². The first-order valence-electron chi connectivity index (χ1n) is 8.70. The van der Waals surface area contributed by atoms with Gasteiger partial charge in [-0.1, -0.05) is 6.92 Å². The van der Waals surface area contributed by atoms with E-state index in [1.807, 2.05) is 39.8 Å². The molecule has 0 bridgehead atoms. The normalized spacial score (nSPS) is 12.8. The zero-order valence-corrected chi connectivity index (χ0v) is 19.0. The van der Waals surface area contributed by atoms with Crippen molar-refractivity contribution in [1.82, 2.24) is 15.5 Å². The topological polar surface area (TPSA) is 79.1 Å². The maximum atomic E-state index is 12.0. The molecule has 1 rings (SSSR count). The molecule has 0 saturated heterocycles. The highest BCUT2D eigenvalue weighted by molar-refractivity contribution is 14.0. The van der Waals surface area contributed by atoms with Crippen molar-refractivity contribution in [2.24, 2.45) is 10.9 Å². The molecule has 26 heavy (non-hydrogen) atoms. The van der Waals surface area contributed by atoms with Gasteiger partial charge in [0.15, 0.2) is 5.96 Å². The fourth-order valence-corrected chi connectivity index (χ4v) is 2.12. The van der Waals surface area contributed by atoms with Gasteiger partial charge >= 0.3 is 6.09 Å².